The summed E-state index contributed by atoms with van der Waals surface area (Å²) in [7, 11) is 0. The zero-order valence-electron chi connectivity index (χ0n) is 13.3. The van der Waals surface area contributed by atoms with Crippen molar-refractivity contribution in [2.24, 2.45) is 5.73 Å². The average molecular weight is 315 g/mol. The summed E-state index contributed by atoms with van der Waals surface area (Å²) in [4.78, 5) is 16.9. The van der Waals surface area contributed by atoms with Gasteiger partial charge in [0, 0.05) is 45.8 Å². The Morgan fingerprint density at radius 3 is 2.48 bits per heavy atom. The summed E-state index contributed by atoms with van der Waals surface area (Å²) in [5, 5.41) is 0. The van der Waals surface area contributed by atoms with Gasteiger partial charge in [0.05, 0.1) is 11.0 Å². The van der Waals surface area contributed by atoms with Crippen LogP contribution < -0.4 is 5.73 Å². The molecule has 1 amide bonds. The predicted molar refractivity (Wildman–Crippen MR) is 89.4 cm³/mol. The van der Waals surface area contributed by atoms with Crippen LogP contribution in [0.4, 0.5) is 0 Å². The van der Waals surface area contributed by atoms with Gasteiger partial charge in [-0.25, -0.2) is 0 Å². The van der Waals surface area contributed by atoms with Crippen molar-refractivity contribution in [2.75, 3.05) is 39.4 Å². The molecule has 1 fully saturated rings. The molecular weight excluding hydrogens is 286 g/mol. The van der Waals surface area contributed by atoms with Gasteiger partial charge >= 0.3 is 0 Å². The molecule has 1 aliphatic heterocycles. The molecule has 1 saturated heterocycles. The molecule has 21 heavy (non-hydrogen) atoms. The highest BCUT2D eigenvalue weighted by Gasteiger charge is 2.26. The van der Waals surface area contributed by atoms with E-state index in [9.17, 15) is 4.79 Å². The molecule has 0 radical (unpaired) electrons. The first-order valence-corrected chi connectivity index (χ1v) is 8.39. The molecule has 0 aliphatic carbocycles. The molecular formula is C15H29N3O2S. The molecule has 0 saturated carbocycles. The van der Waals surface area contributed by atoms with Gasteiger partial charge in [-0.3, -0.25) is 9.69 Å². The van der Waals surface area contributed by atoms with Crippen molar-refractivity contribution >= 4 is 23.1 Å². The van der Waals surface area contributed by atoms with Crippen molar-refractivity contribution in [1.82, 2.24) is 9.80 Å². The molecule has 1 heterocycles. The molecule has 1 unspecified atom stereocenters. The smallest absolute Gasteiger partial charge is 0.222 e. The Morgan fingerprint density at radius 2 is 1.95 bits per heavy atom. The minimum absolute atomic E-state index is 0.181. The molecule has 0 bridgehead atoms. The number of thiocarbonyl (C=S) groups is 1. The topological polar surface area (TPSA) is 58.8 Å². The number of piperazine rings is 1. The highest BCUT2D eigenvalue weighted by Crippen LogP contribution is 2.12. The van der Waals surface area contributed by atoms with Gasteiger partial charge in [0.2, 0.25) is 5.91 Å². The van der Waals surface area contributed by atoms with Gasteiger partial charge < -0.3 is 15.4 Å². The molecule has 0 aromatic carbocycles. The Morgan fingerprint density at radius 1 is 1.29 bits per heavy atom. The van der Waals surface area contributed by atoms with E-state index >= 15 is 0 Å². The van der Waals surface area contributed by atoms with Gasteiger partial charge in [-0.1, -0.05) is 25.6 Å². The lowest BCUT2D eigenvalue weighted by Crippen LogP contribution is -2.54. The van der Waals surface area contributed by atoms with Crippen molar-refractivity contribution in [3.8, 4) is 0 Å². The van der Waals surface area contributed by atoms with Crippen LogP contribution in [0.25, 0.3) is 0 Å². The van der Waals surface area contributed by atoms with E-state index in [0.717, 1.165) is 45.4 Å². The van der Waals surface area contributed by atoms with Crippen LogP contribution in [0.15, 0.2) is 0 Å². The minimum Gasteiger partial charge on any atom is -0.392 e. The van der Waals surface area contributed by atoms with Crippen molar-refractivity contribution in [3.63, 3.8) is 0 Å². The van der Waals surface area contributed by atoms with E-state index in [1.165, 1.54) is 0 Å². The average Bonchev–Trinajstić information content (AvgIpc) is 2.49. The van der Waals surface area contributed by atoms with Gasteiger partial charge in [-0.15, -0.1) is 0 Å². The number of amides is 1. The lowest BCUT2D eigenvalue weighted by Gasteiger charge is -2.39. The maximum Gasteiger partial charge on any atom is 0.222 e. The third-order valence-electron chi connectivity index (χ3n) is 3.88. The minimum atomic E-state index is 0.181. The molecule has 1 rings (SSSR count). The molecule has 122 valence electrons. The molecule has 0 aromatic rings. The summed E-state index contributed by atoms with van der Waals surface area (Å²) in [6.07, 6.45) is 3.45. The van der Waals surface area contributed by atoms with Crippen LogP contribution in [0.1, 0.15) is 39.5 Å². The second-order valence-electron chi connectivity index (χ2n) is 5.42. The largest absolute Gasteiger partial charge is 0.392 e. The van der Waals surface area contributed by atoms with Crippen LogP contribution >= 0.6 is 12.2 Å². The standard InChI is InChI=1S/C15H29N3O2S/c1-3-6-13(15(16)21)17-8-10-18(11-9-17)14(19)7-5-12-20-4-2/h13H,3-12H2,1-2H3,(H2,16,21). The summed E-state index contributed by atoms with van der Waals surface area (Å²) in [5.41, 5.74) is 5.84. The first kappa shape index (κ1) is 18.3. The first-order chi connectivity index (χ1) is 10.1. The molecule has 1 atom stereocenters. The zero-order chi connectivity index (χ0) is 15.7. The fourth-order valence-corrected chi connectivity index (χ4v) is 2.96. The van der Waals surface area contributed by atoms with Gasteiger partial charge in [0.25, 0.3) is 0 Å². The van der Waals surface area contributed by atoms with Crippen molar-refractivity contribution in [3.05, 3.63) is 0 Å². The first-order valence-electron chi connectivity index (χ1n) is 7.99. The zero-order valence-corrected chi connectivity index (χ0v) is 14.2. The molecule has 6 heteroatoms. The van der Waals surface area contributed by atoms with E-state index < -0.39 is 0 Å². The van der Waals surface area contributed by atoms with Crippen LogP contribution in [0, 0.1) is 0 Å². The van der Waals surface area contributed by atoms with E-state index in [4.69, 9.17) is 22.7 Å². The Balaban J connectivity index is 2.33. The molecule has 1 aliphatic rings. The lowest BCUT2D eigenvalue weighted by molar-refractivity contribution is -0.133. The second kappa shape index (κ2) is 10.1. The fraction of sp³-hybridized carbons (Fsp3) is 0.867. The van der Waals surface area contributed by atoms with Gasteiger partial charge in [-0.05, 0) is 19.8 Å². The van der Waals surface area contributed by atoms with E-state index in [-0.39, 0.29) is 11.9 Å². The quantitative estimate of drug-likeness (QED) is 0.515. The van der Waals surface area contributed by atoms with Crippen molar-refractivity contribution < 1.29 is 9.53 Å². The van der Waals surface area contributed by atoms with E-state index in [0.29, 0.717) is 24.6 Å². The molecule has 5 nitrogen and oxygen atoms in total. The van der Waals surface area contributed by atoms with Gasteiger partial charge in [0.15, 0.2) is 0 Å². The highest BCUT2D eigenvalue weighted by atomic mass is 32.1. The Hall–Kier alpha value is -0.720. The van der Waals surface area contributed by atoms with Gasteiger partial charge in [0.1, 0.15) is 0 Å². The fourth-order valence-electron chi connectivity index (χ4n) is 2.69. The number of carbonyl (C=O) groups excluding carboxylic acids is 1. The lowest BCUT2D eigenvalue weighted by atomic mass is 10.1. The maximum absolute atomic E-state index is 12.1. The van der Waals surface area contributed by atoms with Crippen LogP contribution in [0.5, 0.6) is 0 Å². The van der Waals surface area contributed by atoms with Crippen LogP contribution in [-0.4, -0.2) is 66.1 Å². The van der Waals surface area contributed by atoms with Crippen LogP contribution in [-0.2, 0) is 9.53 Å². The van der Waals surface area contributed by atoms with Crippen molar-refractivity contribution in [2.45, 2.75) is 45.6 Å². The van der Waals surface area contributed by atoms with Crippen molar-refractivity contribution in [1.29, 1.82) is 0 Å². The number of carbonyl (C=O) groups is 1. The third kappa shape index (κ3) is 6.28. The summed E-state index contributed by atoms with van der Waals surface area (Å²) in [6, 6.07) is 0.181. The van der Waals surface area contributed by atoms with Gasteiger partial charge in [-0.2, -0.15) is 0 Å². The second-order valence-corrected chi connectivity index (χ2v) is 5.90. The number of ether oxygens (including phenoxy) is 1. The molecule has 0 aromatic heterocycles. The maximum atomic E-state index is 12.1. The summed E-state index contributed by atoms with van der Waals surface area (Å²) in [5.74, 6) is 0.233. The van der Waals surface area contributed by atoms with Crippen LogP contribution in [0.2, 0.25) is 0 Å². The van der Waals surface area contributed by atoms with E-state index in [1.54, 1.807) is 0 Å². The molecule has 0 spiro atoms. The SMILES string of the molecule is CCCC(C(N)=S)N1CCN(C(=O)CCCOCC)CC1. The Labute approximate surface area is 133 Å². The van der Waals surface area contributed by atoms with E-state index in [1.807, 2.05) is 11.8 Å². The Kier molecular flexibility index (Phi) is 8.80. The monoisotopic (exact) mass is 315 g/mol. The number of hydrogen-bond acceptors (Lipinski definition) is 4. The third-order valence-corrected chi connectivity index (χ3v) is 4.15. The number of nitrogens with two attached hydrogens (primary N) is 1. The normalized spacial score (nSPS) is 17.7. The number of hydrogen-bond donors (Lipinski definition) is 1. The van der Waals surface area contributed by atoms with Crippen LogP contribution in [0.3, 0.4) is 0 Å². The summed E-state index contributed by atoms with van der Waals surface area (Å²) >= 11 is 5.17. The molecule has 2 N–H and O–H groups in total. The summed E-state index contributed by atoms with van der Waals surface area (Å²) in [6.45, 7) is 8.76. The number of nitrogens with zero attached hydrogens (tertiary/aromatic N) is 2. The summed E-state index contributed by atoms with van der Waals surface area (Å²) < 4.78 is 5.27. The highest BCUT2D eigenvalue weighted by molar-refractivity contribution is 7.80. The Bertz CT molecular complexity index is 331. The number of rotatable bonds is 9. The predicted octanol–water partition coefficient (Wildman–Crippen LogP) is 1.40. The van der Waals surface area contributed by atoms with E-state index in [2.05, 4.69) is 11.8 Å².